The van der Waals surface area contributed by atoms with Gasteiger partial charge in [0.15, 0.2) is 0 Å². The average Bonchev–Trinajstić information content (AvgIpc) is 2.42. The van der Waals surface area contributed by atoms with Gasteiger partial charge < -0.3 is 10.1 Å². The topological polar surface area (TPSA) is 38.3 Å². The summed E-state index contributed by atoms with van der Waals surface area (Å²) in [6.07, 6.45) is 8.17. The largest absolute Gasteiger partial charge is 0.466 e. The maximum atomic E-state index is 11.8. The summed E-state index contributed by atoms with van der Waals surface area (Å²) < 4.78 is 5.15. The third-order valence-corrected chi connectivity index (χ3v) is 5.49. The lowest BCUT2D eigenvalue weighted by atomic mass is 9.70. The molecule has 21 heavy (non-hydrogen) atoms. The minimum Gasteiger partial charge on any atom is -0.466 e. The van der Waals surface area contributed by atoms with Crippen molar-refractivity contribution < 1.29 is 9.53 Å². The lowest BCUT2D eigenvalue weighted by Gasteiger charge is -2.42. The van der Waals surface area contributed by atoms with Gasteiger partial charge in [-0.25, -0.2) is 0 Å². The van der Waals surface area contributed by atoms with Crippen LogP contribution in [0, 0.1) is 17.3 Å². The predicted molar refractivity (Wildman–Crippen MR) is 86.1 cm³/mol. The van der Waals surface area contributed by atoms with Gasteiger partial charge >= 0.3 is 5.97 Å². The van der Waals surface area contributed by atoms with E-state index in [4.69, 9.17) is 4.74 Å². The molecule has 0 bridgehead atoms. The Hall–Kier alpha value is -0.570. The molecule has 1 N–H and O–H groups in total. The number of ether oxygens (including phenoxy) is 1. The number of carbonyl (C=O) groups excluding carboxylic acids is 1. The Labute approximate surface area is 130 Å². The van der Waals surface area contributed by atoms with E-state index < -0.39 is 0 Å². The fraction of sp³-hybridized carbons (Fsp3) is 0.944. The Morgan fingerprint density at radius 1 is 1.19 bits per heavy atom. The second kappa shape index (κ2) is 7.13. The third kappa shape index (κ3) is 4.70. The van der Waals surface area contributed by atoms with Crippen LogP contribution < -0.4 is 5.32 Å². The van der Waals surface area contributed by atoms with Crippen LogP contribution in [0.5, 0.6) is 0 Å². The summed E-state index contributed by atoms with van der Waals surface area (Å²) in [7, 11) is 0. The molecule has 2 unspecified atom stereocenters. The molecule has 0 aromatic carbocycles. The Morgan fingerprint density at radius 3 is 2.43 bits per heavy atom. The van der Waals surface area contributed by atoms with Crippen molar-refractivity contribution in [1.29, 1.82) is 0 Å². The molecular weight excluding hydrogens is 262 g/mol. The molecule has 2 atom stereocenters. The molecule has 3 nitrogen and oxygen atoms in total. The first-order chi connectivity index (χ1) is 9.91. The fourth-order valence-electron chi connectivity index (χ4n) is 4.25. The number of nitrogens with one attached hydrogen (secondary N) is 1. The SMILES string of the molecule is CCOC(=O)C1CCC(NC2CCC(C)(C)CC2C)CC1. The summed E-state index contributed by atoms with van der Waals surface area (Å²) in [6, 6.07) is 1.27. The number of hydrogen-bond donors (Lipinski definition) is 1. The maximum absolute atomic E-state index is 11.8. The fourth-order valence-corrected chi connectivity index (χ4v) is 4.25. The van der Waals surface area contributed by atoms with E-state index in [2.05, 4.69) is 26.1 Å². The van der Waals surface area contributed by atoms with Crippen LogP contribution in [-0.2, 0) is 9.53 Å². The molecule has 2 rings (SSSR count). The number of rotatable bonds is 4. The van der Waals surface area contributed by atoms with Crippen molar-refractivity contribution in [2.24, 2.45) is 17.3 Å². The lowest BCUT2D eigenvalue weighted by Crippen LogP contribution is -2.47. The van der Waals surface area contributed by atoms with E-state index in [0.29, 0.717) is 24.1 Å². The number of hydrogen-bond acceptors (Lipinski definition) is 3. The summed E-state index contributed by atoms with van der Waals surface area (Å²) >= 11 is 0. The predicted octanol–water partition coefficient (Wildman–Crippen LogP) is 3.91. The van der Waals surface area contributed by atoms with Crippen molar-refractivity contribution in [3.63, 3.8) is 0 Å². The first kappa shape index (κ1) is 16.8. The molecule has 0 spiro atoms. The Kier molecular flexibility index (Phi) is 5.70. The molecule has 122 valence electrons. The molecule has 2 aliphatic rings. The molecular formula is C18H33NO2. The zero-order valence-electron chi connectivity index (χ0n) is 14.3. The third-order valence-electron chi connectivity index (χ3n) is 5.49. The molecule has 2 saturated carbocycles. The monoisotopic (exact) mass is 295 g/mol. The summed E-state index contributed by atoms with van der Waals surface area (Å²) in [5.74, 6) is 0.922. The van der Waals surface area contributed by atoms with Crippen molar-refractivity contribution >= 4 is 5.97 Å². The molecule has 0 saturated heterocycles. The summed E-state index contributed by atoms with van der Waals surface area (Å²) in [5.41, 5.74) is 0.513. The van der Waals surface area contributed by atoms with Crippen molar-refractivity contribution in [3.8, 4) is 0 Å². The molecule has 0 aliphatic heterocycles. The molecule has 0 amide bonds. The molecule has 3 heteroatoms. The van der Waals surface area contributed by atoms with Crippen molar-refractivity contribution in [1.82, 2.24) is 5.32 Å². The van der Waals surface area contributed by atoms with Crippen LogP contribution in [0.25, 0.3) is 0 Å². The number of esters is 1. The van der Waals surface area contributed by atoms with Crippen LogP contribution in [0.2, 0.25) is 0 Å². The van der Waals surface area contributed by atoms with Gasteiger partial charge in [0.05, 0.1) is 12.5 Å². The minimum atomic E-state index is 0.0173. The highest BCUT2D eigenvalue weighted by atomic mass is 16.5. The van der Waals surface area contributed by atoms with Crippen LogP contribution in [0.15, 0.2) is 0 Å². The highest BCUT2D eigenvalue weighted by Gasteiger charge is 2.34. The van der Waals surface area contributed by atoms with Crippen molar-refractivity contribution in [2.45, 2.75) is 84.7 Å². The van der Waals surface area contributed by atoms with Crippen molar-refractivity contribution in [2.75, 3.05) is 6.61 Å². The Morgan fingerprint density at radius 2 is 1.86 bits per heavy atom. The van der Waals surface area contributed by atoms with Gasteiger partial charge in [-0.3, -0.25) is 4.79 Å². The maximum Gasteiger partial charge on any atom is 0.308 e. The molecule has 0 aromatic heterocycles. The summed E-state index contributed by atoms with van der Waals surface area (Å²) in [4.78, 5) is 11.8. The summed E-state index contributed by atoms with van der Waals surface area (Å²) in [6.45, 7) is 9.57. The van der Waals surface area contributed by atoms with Crippen LogP contribution in [-0.4, -0.2) is 24.7 Å². The first-order valence-electron chi connectivity index (χ1n) is 8.84. The molecule has 0 heterocycles. The summed E-state index contributed by atoms with van der Waals surface area (Å²) in [5, 5.41) is 3.88. The quantitative estimate of drug-likeness (QED) is 0.799. The molecule has 0 aromatic rings. The van der Waals surface area contributed by atoms with Crippen LogP contribution in [0.1, 0.15) is 72.6 Å². The highest BCUT2D eigenvalue weighted by molar-refractivity contribution is 5.72. The number of carbonyl (C=O) groups is 1. The molecule has 2 fully saturated rings. The van der Waals surface area contributed by atoms with E-state index in [1.54, 1.807) is 0 Å². The van der Waals surface area contributed by atoms with E-state index in [-0.39, 0.29) is 11.9 Å². The highest BCUT2D eigenvalue weighted by Crippen LogP contribution is 2.39. The van der Waals surface area contributed by atoms with Crippen LogP contribution >= 0.6 is 0 Å². The van der Waals surface area contributed by atoms with Gasteiger partial charge in [0.2, 0.25) is 0 Å². The zero-order chi connectivity index (χ0) is 15.5. The van der Waals surface area contributed by atoms with Gasteiger partial charge in [-0.05, 0) is 63.2 Å². The van der Waals surface area contributed by atoms with Gasteiger partial charge in [0.25, 0.3) is 0 Å². The average molecular weight is 295 g/mol. The zero-order valence-corrected chi connectivity index (χ0v) is 14.3. The standard InChI is InChI=1S/C18H33NO2/c1-5-21-17(20)14-6-8-15(9-7-14)19-16-10-11-18(3,4)12-13(16)2/h13-16,19H,5-12H2,1-4H3. The van der Waals surface area contributed by atoms with Crippen molar-refractivity contribution in [3.05, 3.63) is 0 Å². The molecule has 2 aliphatic carbocycles. The van der Waals surface area contributed by atoms with Gasteiger partial charge in [-0.2, -0.15) is 0 Å². The van der Waals surface area contributed by atoms with E-state index in [1.807, 2.05) is 6.92 Å². The van der Waals surface area contributed by atoms with E-state index in [0.717, 1.165) is 31.6 Å². The second-order valence-electron chi connectivity index (χ2n) is 7.96. The first-order valence-corrected chi connectivity index (χ1v) is 8.84. The van der Waals surface area contributed by atoms with E-state index in [1.165, 1.54) is 19.3 Å². The second-order valence-corrected chi connectivity index (χ2v) is 7.96. The van der Waals surface area contributed by atoms with Gasteiger partial charge in [-0.15, -0.1) is 0 Å². The van der Waals surface area contributed by atoms with E-state index >= 15 is 0 Å². The van der Waals surface area contributed by atoms with E-state index in [9.17, 15) is 4.79 Å². The van der Waals surface area contributed by atoms with Gasteiger partial charge in [0, 0.05) is 12.1 Å². The van der Waals surface area contributed by atoms with Crippen LogP contribution in [0.3, 0.4) is 0 Å². The smallest absolute Gasteiger partial charge is 0.308 e. The normalized spacial score (nSPS) is 36.2. The Bertz CT molecular complexity index is 345. The van der Waals surface area contributed by atoms with Gasteiger partial charge in [0.1, 0.15) is 0 Å². The lowest BCUT2D eigenvalue weighted by molar-refractivity contribution is -0.149. The molecule has 0 radical (unpaired) electrons. The Balaban J connectivity index is 1.75. The van der Waals surface area contributed by atoms with Crippen LogP contribution in [0.4, 0.5) is 0 Å². The van der Waals surface area contributed by atoms with Gasteiger partial charge in [-0.1, -0.05) is 20.8 Å². The minimum absolute atomic E-state index is 0.0173.